The van der Waals surface area contributed by atoms with Crippen LogP contribution < -0.4 is 15.8 Å². The fraction of sp³-hybridized carbons (Fsp3) is 0.632. The Bertz CT molecular complexity index is 572. The quantitative estimate of drug-likeness (QED) is 0.414. The third-order valence-corrected chi connectivity index (χ3v) is 5.25. The third-order valence-electron chi connectivity index (χ3n) is 5.25. The summed E-state index contributed by atoms with van der Waals surface area (Å²) < 4.78 is 5.69. The molecule has 2 aliphatic heterocycles. The molecule has 2 aliphatic rings. The molecule has 1 saturated heterocycles. The predicted molar refractivity (Wildman–Crippen MR) is 114 cm³/mol. The molecule has 6 heteroatoms. The summed E-state index contributed by atoms with van der Waals surface area (Å²) in [5.74, 6) is 2.34. The number of benzene rings is 1. The SMILES string of the molecule is CC1CCN(C(C)CN=C(N)NC2CCOc3ccccc32)CC1.I. The molecule has 1 aromatic rings. The van der Waals surface area contributed by atoms with E-state index in [2.05, 4.69) is 35.1 Å². The molecule has 0 spiro atoms. The Balaban J connectivity index is 0.00000225. The van der Waals surface area contributed by atoms with Crippen molar-refractivity contribution in [3.63, 3.8) is 0 Å². The largest absolute Gasteiger partial charge is 0.493 e. The van der Waals surface area contributed by atoms with Gasteiger partial charge in [-0.25, -0.2) is 0 Å². The number of aliphatic imine (C=N–C) groups is 1. The van der Waals surface area contributed by atoms with Crippen molar-refractivity contribution in [3.8, 4) is 5.75 Å². The van der Waals surface area contributed by atoms with E-state index in [1.807, 2.05) is 18.2 Å². The van der Waals surface area contributed by atoms with Gasteiger partial charge in [0.2, 0.25) is 0 Å². The van der Waals surface area contributed by atoms with Crippen LogP contribution in [0.4, 0.5) is 0 Å². The van der Waals surface area contributed by atoms with E-state index in [4.69, 9.17) is 10.5 Å². The Hall–Kier alpha value is -1.02. The number of nitrogens with zero attached hydrogens (tertiary/aromatic N) is 2. The van der Waals surface area contributed by atoms with Crippen LogP contribution in [0.1, 0.15) is 44.7 Å². The minimum atomic E-state index is 0. The first kappa shape index (κ1) is 20.3. The zero-order valence-corrected chi connectivity index (χ0v) is 17.6. The normalized spacial score (nSPS) is 23.1. The molecule has 0 radical (unpaired) electrons. The highest BCUT2D eigenvalue weighted by molar-refractivity contribution is 14.0. The fourth-order valence-electron chi connectivity index (χ4n) is 3.53. The van der Waals surface area contributed by atoms with Crippen molar-refractivity contribution in [2.45, 2.75) is 45.2 Å². The van der Waals surface area contributed by atoms with Gasteiger partial charge in [0.1, 0.15) is 5.75 Å². The maximum absolute atomic E-state index is 6.14. The van der Waals surface area contributed by atoms with Gasteiger partial charge in [0.05, 0.1) is 19.2 Å². The fourth-order valence-corrected chi connectivity index (χ4v) is 3.53. The maximum atomic E-state index is 6.14. The van der Waals surface area contributed by atoms with Gasteiger partial charge in [0.25, 0.3) is 0 Å². The van der Waals surface area contributed by atoms with Gasteiger partial charge in [-0.15, -0.1) is 24.0 Å². The topological polar surface area (TPSA) is 62.9 Å². The molecule has 2 heterocycles. The lowest BCUT2D eigenvalue weighted by molar-refractivity contribution is 0.150. The average molecular weight is 458 g/mol. The smallest absolute Gasteiger partial charge is 0.189 e. The summed E-state index contributed by atoms with van der Waals surface area (Å²) in [5.41, 5.74) is 7.31. The van der Waals surface area contributed by atoms with E-state index in [9.17, 15) is 0 Å². The van der Waals surface area contributed by atoms with Crippen molar-refractivity contribution in [2.24, 2.45) is 16.6 Å². The Morgan fingerprint density at radius 3 is 2.80 bits per heavy atom. The summed E-state index contributed by atoms with van der Waals surface area (Å²) in [6.45, 7) is 8.41. The first-order valence-corrected chi connectivity index (χ1v) is 9.15. The van der Waals surface area contributed by atoms with E-state index in [1.165, 1.54) is 31.5 Å². The standard InChI is InChI=1S/C19H30N4O.HI/c1-14-7-10-23(11-8-14)15(2)13-21-19(20)22-17-9-12-24-18-6-4-3-5-16(17)18;/h3-6,14-15,17H,7-13H2,1-2H3,(H3,20,21,22);1H. The number of guanidine groups is 1. The average Bonchev–Trinajstić information content (AvgIpc) is 2.61. The summed E-state index contributed by atoms with van der Waals surface area (Å²) in [5, 5.41) is 3.37. The van der Waals surface area contributed by atoms with E-state index in [0.29, 0.717) is 18.6 Å². The monoisotopic (exact) mass is 458 g/mol. The molecule has 3 N–H and O–H groups in total. The highest BCUT2D eigenvalue weighted by atomic mass is 127. The molecular weight excluding hydrogens is 427 g/mol. The lowest BCUT2D eigenvalue weighted by Crippen LogP contribution is -2.42. The summed E-state index contributed by atoms with van der Waals surface area (Å²) in [6, 6.07) is 8.77. The van der Waals surface area contributed by atoms with Crippen LogP contribution in [0.15, 0.2) is 29.3 Å². The first-order chi connectivity index (χ1) is 11.6. The van der Waals surface area contributed by atoms with E-state index < -0.39 is 0 Å². The summed E-state index contributed by atoms with van der Waals surface area (Å²) >= 11 is 0. The van der Waals surface area contributed by atoms with Crippen molar-refractivity contribution in [2.75, 3.05) is 26.2 Å². The van der Waals surface area contributed by atoms with E-state index in [0.717, 1.165) is 24.6 Å². The number of nitrogens with two attached hydrogens (primary N) is 1. The van der Waals surface area contributed by atoms with Gasteiger partial charge in [-0.2, -0.15) is 0 Å². The molecule has 0 aromatic heterocycles. The Labute approximate surface area is 168 Å². The Kier molecular flexibility index (Phi) is 7.81. The van der Waals surface area contributed by atoms with Crippen LogP contribution in [-0.2, 0) is 0 Å². The number of hydrogen-bond acceptors (Lipinski definition) is 3. The number of ether oxygens (including phenoxy) is 1. The van der Waals surface area contributed by atoms with Crippen LogP contribution in [0, 0.1) is 5.92 Å². The number of para-hydroxylation sites is 1. The third kappa shape index (κ3) is 5.48. The molecule has 3 rings (SSSR count). The van der Waals surface area contributed by atoms with Crippen molar-refractivity contribution < 1.29 is 4.74 Å². The molecule has 2 atom stereocenters. The maximum Gasteiger partial charge on any atom is 0.189 e. The van der Waals surface area contributed by atoms with E-state index in [-0.39, 0.29) is 30.0 Å². The zero-order valence-electron chi connectivity index (χ0n) is 15.3. The van der Waals surface area contributed by atoms with Gasteiger partial charge in [-0.05, 0) is 44.8 Å². The highest BCUT2D eigenvalue weighted by Crippen LogP contribution is 2.31. The van der Waals surface area contributed by atoms with Crippen molar-refractivity contribution in [1.29, 1.82) is 0 Å². The van der Waals surface area contributed by atoms with Gasteiger partial charge in [0.15, 0.2) is 5.96 Å². The second kappa shape index (κ2) is 9.62. The minimum Gasteiger partial charge on any atom is -0.493 e. The van der Waals surface area contributed by atoms with Crippen molar-refractivity contribution >= 4 is 29.9 Å². The number of hydrogen-bond donors (Lipinski definition) is 2. The number of fused-ring (bicyclic) bond motifs is 1. The molecule has 140 valence electrons. The molecule has 0 bridgehead atoms. The van der Waals surface area contributed by atoms with Crippen LogP contribution in [0.25, 0.3) is 0 Å². The lowest BCUT2D eigenvalue weighted by Gasteiger charge is -2.34. The van der Waals surface area contributed by atoms with Crippen LogP contribution in [-0.4, -0.2) is 43.1 Å². The molecule has 0 amide bonds. The number of halogens is 1. The summed E-state index contributed by atoms with van der Waals surface area (Å²) in [7, 11) is 0. The number of rotatable bonds is 4. The molecule has 0 saturated carbocycles. The van der Waals surface area contributed by atoms with Crippen molar-refractivity contribution in [3.05, 3.63) is 29.8 Å². The number of nitrogens with one attached hydrogen (secondary N) is 1. The predicted octanol–water partition coefficient (Wildman–Crippen LogP) is 3.15. The molecular formula is C19H31IN4O. The molecule has 25 heavy (non-hydrogen) atoms. The van der Waals surface area contributed by atoms with Crippen LogP contribution in [0.5, 0.6) is 5.75 Å². The molecule has 2 unspecified atom stereocenters. The first-order valence-electron chi connectivity index (χ1n) is 9.15. The van der Waals surface area contributed by atoms with Gasteiger partial charge in [-0.3, -0.25) is 9.89 Å². The molecule has 1 fully saturated rings. The van der Waals surface area contributed by atoms with Gasteiger partial charge in [-0.1, -0.05) is 25.1 Å². The van der Waals surface area contributed by atoms with Gasteiger partial charge in [0, 0.05) is 18.0 Å². The summed E-state index contributed by atoms with van der Waals surface area (Å²) in [6.07, 6.45) is 3.49. The van der Waals surface area contributed by atoms with Crippen LogP contribution >= 0.6 is 24.0 Å². The molecule has 5 nitrogen and oxygen atoms in total. The number of piperidine rings is 1. The van der Waals surface area contributed by atoms with Crippen LogP contribution in [0.3, 0.4) is 0 Å². The van der Waals surface area contributed by atoms with Gasteiger partial charge >= 0.3 is 0 Å². The van der Waals surface area contributed by atoms with E-state index >= 15 is 0 Å². The number of likely N-dealkylation sites (tertiary alicyclic amines) is 1. The van der Waals surface area contributed by atoms with Crippen molar-refractivity contribution in [1.82, 2.24) is 10.2 Å². The zero-order chi connectivity index (χ0) is 16.9. The molecule has 0 aliphatic carbocycles. The van der Waals surface area contributed by atoms with Crippen LogP contribution in [0.2, 0.25) is 0 Å². The highest BCUT2D eigenvalue weighted by Gasteiger charge is 2.22. The second-order valence-electron chi connectivity index (χ2n) is 7.17. The summed E-state index contributed by atoms with van der Waals surface area (Å²) in [4.78, 5) is 7.11. The lowest BCUT2D eigenvalue weighted by atomic mass is 9.98. The minimum absolute atomic E-state index is 0. The Morgan fingerprint density at radius 2 is 2.04 bits per heavy atom. The second-order valence-corrected chi connectivity index (χ2v) is 7.17. The Morgan fingerprint density at radius 1 is 1.32 bits per heavy atom. The molecule has 1 aromatic carbocycles. The van der Waals surface area contributed by atoms with E-state index in [1.54, 1.807) is 0 Å². The van der Waals surface area contributed by atoms with Gasteiger partial charge < -0.3 is 15.8 Å².